The van der Waals surface area contributed by atoms with E-state index in [4.69, 9.17) is 16.3 Å². The monoisotopic (exact) mass is 570 g/mol. The van der Waals surface area contributed by atoms with Crippen LogP contribution in [0.3, 0.4) is 0 Å². The third-order valence-electron chi connectivity index (χ3n) is 5.58. The SMILES string of the molecule is COc1ccc(C(=O)Nc2cccc(SC(C(=O)Nc3ccc(Cl)cc3C(F)(F)F)c3ccccc3)c2)cc1. The quantitative estimate of drug-likeness (QED) is 0.210. The molecule has 0 aliphatic rings. The lowest BCUT2D eigenvalue weighted by Gasteiger charge is -2.20. The maximum Gasteiger partial charge on any atom is 0.418 e. The smallest absolute Gasteiger partial charge is 0.418 e. The summed E-state index contributed by atoms with van der Waals surface area (Å²) in [6, 6.07) is 25.4. The number of rotatable bonds is 8. The fourth-order valence-electron chi connectivity index (χ4n) is 3.69. The molecule has 2 amide bonds. The number of carbonyl (C=O) groups is 2. The Morgan fingerprint density at radius 1 is 0.872 bits per heavy atom. The van der Waals surface area contributed by atoms with Crippen LogP contribution in [0.25, 0.3) is 0 Å². The van der Waals surface area contributed by atoms with Crippen molar-refractivity contribution in [3.63, 3.8) is 0 Å². The van der Waals surface area contributed by atoms with Crippen LogP contribution in [-0.4, -0.2) is 18.9 Å². The minimum atomic E-state index is -4.71. The number of anilines is 2. The van der Waals surface area contributed by atoms with E-state index in [1.165, 1.54) is 13.2 Å². The van der Waals surface area contributed by atoms with Crippen molar-refractivity contribution in [3.05, 3.63) is 119 Å². The van der Waals surface area contributed by atoms with Crippen LogP contribution in [0, 0.1) is 0 Å². The number of alkyl halides is 3. The molecule has 0 heterocycles. The van der Waals surface area contributed by atoms with Gasteiger partial charge in [0, 0.05) is 21.2 Å². The molecule has 0 fully saturated rings. The molecule has 0 spiro atoms. The summed E-state index contributed by atoms with van der Waals surface area (Å²) in [5, 5.41) is 4.25. The highest BCUT2D eigenvalue weighted by Gasteiger charge is 2.35. The molecule has 0 aliphatic carbocycles. The maximum absolute atomic E-state index is 13.6. The molecule has 1 unspecified atom stereocenters. The Morgan fingerprint density at radius 2 is 1.59 bits per heavy atom. The lowest BCUT2D eigenvalue weighted by Crippen LogP contribution is -2.21. The first-order chi connectivity index (χ1) is 18.6. The van der Waals surface area contributed by atoms with Gasteiger partial charge < -0.3 is 15.4 Å². The van der Waals surface area contributed by atoms with Gasteiger partial charge in [0.2, 0.25) is 5.91 Å². The van der Waals surface area contributed by atoms with E-state index >= 15 is 0 Å². The molecule has 0 aromatic heterocycles. The first kappa shape index (κ1) is 28.1. The topological polar surface area (TPSA) is 67.4 Å². The van der Waals surface area contributed by atoms with Crippen LogP contribution in [0.4, 0.5) is 24.5 Å². The predicted octanol–water partition coefficient (Wildman–Crippen LogP) is 8.09. The summed E-state index contributed by atoms with van der Waals surface area (Å²) < 4.78 is 45.9. The third kappa shape index (κ3) is 7.34. The number of methoxy groups -OCH3 is 1. The molecule has 0 radical (unpaired) electrons. The number of benzene rings is 4. The Bertz CT molecular complexity index is 1470. The second-order valence-corrected chi connectivity index (χ2v) is 9.91. The van der Waals surface area contributed by atoms with Gasteiger partial charge in [-0.25, -0.2) is 0 Å². The number of thioether (sulfide) groups is 1. The summed E-state index contributed by atoms with van der Waals surface area (Å²) in [6.07, 6.45) is -4.71. The molecular weight excluding hydrogens is 549 g/mol. The van der Waals surface area contributed by atoms with E-state index in [0.29, 0.717) is 27.5 Å². The van der Waals surface area contributed by atoms with E-state index in [1.54, 1.807) is 78.9 Å². The molecule has 1 atom stereocenters. The third-order valence-corrected chi connectivity index (χ3v) is 7.07. The molecule has 0 aliphatic heterocycles. The minimum absolute atomic E-state index is 0.0946. The number of ether oxygens (including phenoxy) is 1. The van der Waals surface area contributed by atoms with Gasteiger partial charge in [-0.1, -0.05) is 48.0 Å². The summed E-state index contributed by atoms with van der Waals surface area (Å²) in [5.41, 5.74) is 0.0847. The molecular formula is C29H22ClF3N2O3S. The van der Waals surface area contributed by atoms with Crippen molar-refractivity contribution < 1.29 is 27.5 Å². The maximum atomic E-state index is 13.6. The van der Waals surface area contributed by atoms with Crippen molar-refractivity contribution in [3.8, 4) is 5.75 Å². The zero-order valence-corrected chi connectivity index (χ0v) is 22.0. The molecule has 0 saturated heterocycles. The van der Waals surface area contributed by atoms with Crippen LogP contribution in [-0.2, 0) is 11.0 Å². The Hall–Kier alpha value is -3.95. The average molecular weight is 571 g/mol. The molecule has 10 heteroatoms. The van der Waals surface area contributed by atoms with Gasteiger partial charge in [-0.15, -0.1) is 11.8 Å². The fraction of sp³-hybridized carbons (Fsp3) is 0.103. The molecule has 4 rings (SSSR count). The first-order valence-electron chi connectivity index (χ1n) is 11.6. The van der Waals surface area contributed by atoms with Crippen LogP contribution in [0.5, 0.6) is 5.75 Å². The summed E-state index contributed by atoms with van der Waals surface area (Å²) in [4.78, 5) is 26.7. The van der Waals surface area contributed by atoms with Gasteiger partial charge in [0.1, 0.15) is 11.0 Å². The molecule has 2 N–H and O–H groups in total. The second-order valence-electron chi connectivity index (χ2n) is 8.30. The van der Waals surface area contributed by atoms with Crippen molar-refractivity contribution in [2.45, 2.75) is 16.3 Å². The Balaban J connectivity index is 1.57. The van der Waals surface area contributed by atoms with Gasteiger partial charge in [0.15, 0.2) is 0 Å². The second kappa shape index (κ2) is 12.3. The van der Waals surface area contributed by atoms with Gasteiger partial charge in [-0.05, 0) is 66.2 Å². The lowest BCUT2D eigenvalue weighted by molar-refractivity contribution is -0.137. The molecule has 200 valence electrons. The number of hydrogen-bond donors (Lipinski definition) is 2. The van der Waals surface area contributed by atoms with Gasteiger partial charge in [-0.2, -0.15) is 13.2 Å². The van der Waals surface area contributed by atoms with Crippen LogP contribution in [0.15, 0.2) is 102 Å². The zero-order chi connectivity index (χ0) is 28.0. The summed E-state index contributed by atoms with van der Waals surface area (Å²) in [6.45, 7) is 0. The molecule has 0 bridgehead atoms. The van der Waals surface area contributed by atoms with E-state index in [-0.39, 0.29) is 16.6 Å². The Labute approximate surface area is 232 Å². The van der Waals surface area contributed by atoms with Crippen molar-refractivity contribution in [2.24, 2.45) is 0 Å². The van der Waals surface area contributed by atoms with E-state index in [0.717, 1.165) is 23.9 Å². The zero-order valence-electron chi connectivity index (χ0n) is 20.5. The number of halogens is 4. The Kier molecular flexibility index (Phi) is 8.83. The fourth-order valence-corrected chi connectivity index (χ4v) is 4.94. The molecule has 4 aromatic carbocycles. The van der Waals surface area contributed by atoms with E-state index < -0.39 is 22.9 Å². The predicted molar refractivity (Wildman–Crippen MR) is 148 cm³/mol. The summed E-state index contributed by atoms with van der Waals surface area (Å²) >= 11 is 6.92. The molecule has 5 nitrogen and oxygen atoms in total. The Morgan fingerprint density at radius 3 is 2.26 bits per heavy atom. The number of carbonyl (C=O) groups excluding carboxylic acids is 2. The van der Waals surface area contributed by atoms with Crippen molar-refractivity contribution >= 4 is 46.6 Å². The van der Waals surface area contributed by atoms with Gasteiger partial charge in [0.05, 0.1) is 18.4 Å². The van der Waals surface area contributed by atoms with E-state index in [9.17, 15) is 22.8 Å². The largest absolute Gasteiger partial charge is 0.497 e. The van der Waals surface area contributed by atoms with Crippen LogP contribution in [0.2, 0.25) is 5.02 Å². The normalized spacial score (nSPS) is 11.9. The standard InChI is InChI=1S/C29H22ClF3N2O3S/c1-38-22-13-10-19(11-14-22)27(36)34-21-8-5-9-23(17-21)39-26(18-6-3-2-4-7-18)28(37)35-25-15-12-20(30)16-24(25)29(31,32)33/h2-17,26H,1H3,(H,34,36)(H,35,37). The molecule has 39 heavy (non-hydrogen) atoms. The highest BCUT2D eigenvalue weighted by molar-refractivity contribution is 8.00. The van der Waals surface area contributed by atoms with E-state index in [1.807, 2.05) is 0 Å². The molecule has 4 aromatic rings. The highest BCUT2D eigenvalue weighted by atomic mass is 35.5. The van der Waals surface area contributed by atoms with Crippen molar-refractivity contribution in [1.29, 1.82) is 0 Å². The summed E-state index contributed by atoms with van der Waals surface area (Å²) in [7, 11) is 1.53. The van der Waals surface area contributed by atoms with Gasteiger partial charge in [0.25, 0.3) is 5.91 Å². The van der Waals surface area contributed by atoms with Crippen molar-refractivity contribution in [2.75, 3.05) is 17.7 Å². The van der Waals surface area contributed by atoms with Crippen LogP contribution < -0.4 is 15.4 Å². The van der Waals surface area contributed by atoms with Crippen LogP contribution >= 0.6 is 23.4 Å². The lowest BCUT2D eigenvalue weighted by atomic mass is 10.1. The number of amides is 2. The van der Waals surface area contributed by atoms with Crippen molar-refractivity contribution in [1.82, 2.24) is 0 Å². The van der Waals surface area contributed by atoms with Gasteiger partial charge >= 0.3 is 6.18 Å². The highest BCUT2D eigenvalue weighted by Crippen LogP contribution is 2.40. The summed E-state index contributed by atoms with van der Waals surface area (Å²) in [5.74, 6) is -0.359. The first-order valence-corrected chi connectivity index (χ1v) is 12.8. The number of hydrogen-bond acceptors (Lipinski definition) is 4. The minimum Gasteiger partial charge on any atom is -0.497 e. The number of nitrogens with one attached hydrogen (secondary N) is 2. The van der Waals surface area contributed by atoms with Crippen LogP contribution in [0.1, 0.15) is 26.7 Å². The molecule has 0 saturated carbocycles. The average Bonchev–Trinajstić information content (AvgIpc) is 2.93. The van der Waals surface area contributed by atoms with E-state index in [2.05, 4.69) is 10.6 Å². The van der Waals surface area contributed by atoms with Gasteiger partial charge in [-0.3, -0.25) is 9.59 Å².